The number of benzene rings is 2. The summed E-state index contributed by atoms with van der Waals surface area (Å²) in [6.45, 7) is -0.573. The van der Waals surface area contributed by atoms with Crippen LogP contribution in [0.2, 0.25) is 5.02 Å². The van der Waals surface area contributed by atoms with E-state index >= 15 is 0 Å². The van der Waals surface area contributed by atoms with Gasteiger partial charge in [-0.05, 0) is 36.4 Å². The Kier molecular flexibility index (Phi) is 5.57. The highest BCUT2D eigenvalue weighted by atomic mass is 79.9. The fourth-order valence-corrected chi connectivity index (χ4v) is 2.22. The summed E-state index contributed by atoms with van der Waals surface area (Å²) >= 11 is 8.84. The molecular formula is C15H11BrClFN2O3. The first-order valence-electron chi connectivity index (χ1n) is 6.34. The molecule has 0 radical (unpaired) electrons. The fourth-order valence-electron chi connectivity index (χ4n) is 1.71. The predicted octanol–water partition coefficient (Wildman–Crippen LogP) is 3.62. The van der Waals surface area contributed by atoms with Crippen LogP contribution in [0.15, 0.2) is 40.9 Å². The molecule has 0 heterocycles. The molecule has 0 aliphatic heterocycles. The third kappa shape index (κ3) is 4.67. The van der Waals surface area contributed by atoms with E-state index in [4.69, 9.17) is 22.1 Å². The van der Waals surface area contributed by atoms with Gasteiger partial charge in [-0.15, -0.1) is 0 Å². The second-order valence-corrected chi connectivity index (χ2v) is 5.83. The third-order valence-corrected chi connectivity index (χ3v) is 3.50. The van der Waals surface area contributed by atoms with Gasteiger partial charge in [0.2, 0.25) is 0 Å². The van der Waals surface area contributed by atoms with Crippen LogP contribution in [0.25, 0.3) is 0 Å². The SMILES string of the molecule is Nc1cc(Cl)ccc1C(=O)OCC(=O)Nc1ccc(Br)cc1F. The molecule has 0 unspecified atom stereocenters. The Bertz CT molecular complexity index is 770. The van der Waals surface area contributed by atoms with Crippen LogP contribution in [0.5, 0.6) is 0 Å². The van der Waals surface area contributed by atoms with E-state index in [9.17, 15) is 14.0 Å². The maximum absolute atomic E-state index is 13.6. The fraction of sp³-hybridized carbons (Fsp3) is 0.0667. The van der Waals surface area contributed by atoms with Gasteiger partial charge < -0.3 is 15.8 Å². The monoisotopic (exact) mass is 400 g/mol. The maximum Gasteiger partial charge on any atom is 0.340 e. The van der Waals surface area contributed by atoms with Crippen molar-refractivity contribution < 1.29 is 18.7 Å². The number of nitrogens with one attached hydrogen (secondary N) is 1. The lowest BCUT2D eigenvalue weighted by molar-refractivity contribution is -0.119. The van der Waals surface area contributed by atoms with Crippen molar-refractivity contribution in [1.29, 1.82) is 0 Å². The Hall–Kier alpha value is -2.12. The number of anilines is 2. The van der Waals surface area contributed by atoms with Crippen molar-refractivity contribution in [3.05, 3.63) is 57.3 Å². The lowest BCUT2D eigenvalue weighted by Gasteiger charge is -2.09. The van der Waals surface area contributed by atoms with E-state index in [2.05, 4.69) is 21.2 Å². The molecule has 23 heavy (non-hydrogen) atoms. The van der Waals surface area contributed by atoms with Gasteiger partial charge in [-0.3, -0.25) is 4.79 Å². The molecule has 0 spiro atoms. The van der Waals surface area contributed by atoms with E-state index in [-0.39, 0.29) is 16.9 Å². The second kappa shape index (κ2) is 7.43. The van der Waals surface area contributed by atoms with Crippen molar-refractivity contribution in [2.75, 3.05) is 17.7 Å². The van der Waals surface area contributed by atoms with E-state index < -0.39 is 24.3 Å². The molecule has 0 fully saturated rings. The molecule has 8 heteroatoms. The molecule has 3 N–H and O–H groups in total. The van der Waals surface area contributed by atoms with E-state index in [1.165, 1.54) is 30.3 Å². The summed E-state index contributed by atoms with van der Waals surface area (Å²) in [5, 5.41) is 2.68. The van der Waals surface area contributed by atoms with Gasteiger partial charge in [0.1, 0.15) is 5.82 Å². The number of esters is 1. The number of carbonyl (C=O) groups is 2. The molecule has 0 atom stereocenters. The van der Waals surface area contributed by atoms with Crippen LogP contribution < -0.4 is 11.1 Å². The van der Waals surface area contributed by atoms with Crippen molar-refractivity contribution in [2.24, 2.45) is 0 Å². The molecule has 0 aliphatic carbocycles. The largest absolute Gasteiger partial charge is 0.452 e. The van der Waals surface area contributed by atoms with Gasteiger partial charge in [0.15, 0.2) is 6.61 Å². The zero-order valence-corrected chi connectivity index (χ0v) is 13.9. The van der Waals surface area contributed by atoms with Gasteiger partial charge in [-0.25, -0.2) is 9.18 Å². The summed E-state index contributed by atoms with van der Waals surface area (Å²) < 4.78 is 19.0. The first kappa shape index (κ1) is 17.2. The highest BCUT2D eigenvalue weighted by molar-refractivity contribution is 9.10. The van der Waals surface area contributed by atoms with Crippen molar-refractivity contribution in [2.45, 2.75) is 0 Å². The molecule has 120 valence electrons. The Labute approximate surface area is 144 Å². The average Bonchev–Trinajstić information content (AvgIpc) is 2.48. The van der Waals surface area contributed by atoms with E-state index in [1.54, 1.807) is 6.07 Å². The zero-order valence-electron chi connectivity index (χ0n) is 11.6. The predicted molar refractivity (Wildman–Crippen MR) is 88.9 cm³/mol. The standard InChI is InChI=1S/C15H11BrClFN2O3/c16-8-1-4-13(11(18)5-8)20-14(21)7-23-15(22)10-3-2-9(17)6-12(10)19/h1-6H,7,19H2,(H,20,21). The Morgan fingerprint density at radius 2 is 2.00 bits per heavy atom. The zero-order chi connectivity index (χ0) is 17.0. The van der Waals surface area contributed by atoms with Crippen molar-refractivity contribution in [3.8, 4) is 0 Å². The number of hydrogen-bond donors (Lipinski definition) is 2. The van der Waals surface area contributed by atoms with Crippen LogP contribution in [0.3, 0.4) is 0 Å². The minimum absolute atomic E-state index is 0.0137. The van der Waals surface area contributed by atoms with Crippen molar-refractivity contribution in [3.63, 3.8) is 0 Å². The van der Waals surface area contributed by atoms with Gasteiger partial charge in [0.05, 0.1) is 11.3 Å². The summed E-state index contributed by atoms with van der Waals surface area (Å²) in [5.41, 5.74) is 5.87. The molecule has 2 rings (SSSR count). The summed E-state index contributed by atoms with van der Waals surface area (Å²) in [7, 11) is 0. The summed E-state index contributed by atoms with van der Waals surface area (Å²) in [5.74, 6) is -2.06. The van der Waals surface area contributed by atoms with Crippen LogP contribution in [0, 0.1) is 5.82 Å². The first-order chi connectivity index (χ1) is 10.9. The van der Waals surface area contributed by atoms with Crippen LogP contribution >= 0.6 is 27.5 Å². The van der Waals surface area contributed by atoms with Gasteiger partial charge >= 0.3 is 5.97 Å². The average molecular weight is 402 g/mol. The Balaban J connectivity index is 1.94. The Morgan fingerprint density at radius 3 is 2.65 bits per heavy atom. The van der Waals surface area contributed by atoms with Gasteiger partial charge in [0.25, 0.3) is 5.91 Å². The van der Waals surface area contributed by atoms with Crippen LogP contribution in [-0.2, 0) is 9.53 Å². The van der Waals surface area contributed by atoms with E-state index in [0.29, 0.717) is 9.50 Å². The minimum atomic E-state index is -0.773. The smallest absolute Gasteiger partial charge is 0.340 e. The van der Waals surface area contributed by atoms with Gasteiger partial charge in [0, 0.05) is 15.2 Å². The summed E-state index contributed by atoms with van der Waals surface area (Å²) in [6, 6.07) is 8.43. The molecule has 2 aromatic rings. The maximum atomic E-state index is 13.6. The molecule has 0 bridgehead atoms. The third-order valence-electron chi connectivity index (χ3n) is 2.77. The highest BCUT2D eigenvalue weighted by Gasteiger charge is 2.14. The number of hydrogen-bond acceptors (Lipinski definition) is 4. The minimum Gasteiger partial charge on any atom is -0.452 e. The van der Waals surface area contributed by atoms with E-state index in [0.717, 1.165) is 0 Å². The van der Waals surface area contributed by atoms with Gasteiger partial charge in [-0.2, -0.15) is 0 Å². The molecule has 2 aromatic carbocycles. The number of rotatable bonds is 4. The topological polar surface area (TPSA) is 81.4 Å². The van der Waals surface area contributed by atoms with E-state index in [1.807, 2.05) is 0 Å². The van der Waals surface area contributed by atoms with Crippen LogP contribution in [0.1, 0.15) is 10.4 Å². The molecular weight excluding hydrogens is 391 g/mol. The van der Waals surface area contributed by atoms with Crippen molar-refractivity contribution >= 4 is 50.8 Å². The normalized spacial score (nSPS) is 10.2. The van der Waals surface area contributed by atoms with Crippen LogP contribution in [0.4, 0.5) is 15.8 Å². The lowest BCUT2D eigenvalue weighted by atomic mass is 10.2. The molecule has 0 aromatic heterocycles. The molecule has 5 nitrogen and oxygen atoms in total. The molecule has 0 saturated heterocycles. The number of amides is 1. The summed E-state index contributed by atoms with van der Waals surface area (Å²) in [4.78, 5) is 23.5. The highest BCUT2D eigenvalue weighted by Crippen LogP contribution is 2.20. The molecule has 0 aliphatic rings. The number of carbonyl (C=O) groups excluding carboxylic acids is 2. The summed E-state index contributed by atoms with van der Waals surface area (Å²) in [6.07, 6.45) is 0. The quantitative estimate of drug-likeness (QED) is 0.606. The van der Waals surface area contributed by atoms with Gasteiger partial charge in [-0.1, -0.05) is 27.5 Å². The van der Waals surface area contributed by atoms with Crippen molar-refractivity contribution in [1.82, 2.24) is 0 Å². The first-order valence-corrected chi connectivity index (χ1v) is 7.51. The Morgan fingerprint density at radius 1 is 1.26 bits per heavy atom. The lowest BCUT2D eigenvalue weighted by Crippen LogP contribution is -2.21. The second-order valence-electron chi connectivity index (χ2n) is 4.48. The van der Waals surface area contributed by atoms with Crippen LogP contribution in [-0.4, -0.2) is 18.5 Å². The number of ether oxygens (including phenoxy) is 1. The number of nitrogen functional groups attached to an aromatic ring is 1. The molecule has 1 amide bonds. The molecule has 0 saturated carbocycles. The number of halogens is 3. The number of nitrogens with two attached hydrogens (primary N) is 1.